The molecule has 0 amide bonds. The average molecular weight is 326 g/mol. The molecule has 0 radical (unpaired) electrons. The smallest absolute Gasteiger partial charge is 0.119 e. The van der Waals surface area contributed by atoms with Crippen LogP contribution in [0.3, 0.4) is 0 Å². The van der Waals surface area contributed by atoms with E-state index >= 15 is 0 Å². The predicted molar refractivity (Wildman–Crippen MR) is 91.8 cm³/mol. The van der Waals surface area contributed by atoms with E-state index in [1.165, 1.54) is 22.3 Å². The summed E-state index contributed by atoms with van der Waals surface area (Å²) < 4.78 is 21.9. The van der Waals surface area contributed by atoms with Crippen molar-refractivity contribution in [2.24, 2.45) is 0 Å². The van der Waals surface area contributed by atoms with Crippen LogP contribution in [0.15, 0.2) is 36.4 Å². The molecule has 0 bridgehead atoms. The molecule has 2 aromatic rings. The first-order chi connectivity index (χ1) is 11.7. The Hall–Kier alpha value is -2.04. The second-order valence-corrected chi connectivity index (χ2v) is 6.49. The van der Waals surface area contributed by atoms with Crippen LogP contribution in [-0.2, 0) is 9.47 Å². The lowest BCUT2D eigenvalue weighted by atomic mass is 9.96. The van der Waals surface area contributed by atoms with Gasteiger partial charge in [-0.05, 0) is 60.4 Å². The summed E-state index contributed by atoms with van der Waals surface area (Å²) in [7, 11) is 0. The van der Waals surface area contributed by atoms with Gasteiger partial charge in [0.2, 0.25) is 0 Å². The van der Waals surface area contributed by atoms with Gasteiger partial charge in [0.15, 0.2) is 0 Å². The van der Waals surface area contributed by atoms with Crippen LogP contribution in [0.4, 0.5) is 0 Å². The average Bonchev–Trinajstić information content (AvgIpc) is 3.46. The van der Waals surface area contributed by atoms with Crippen LogP contribution in [-0.4, -0.2) is 38.6 Å². The van der Waals surface area contributed by atoms with Crippen molar-refractivity contribution in [3.63, 3.8) is 0 Å². The molecule has 0 aromatic heterocycles. The van der Waals surface area contributed by atoms with Crippen molar-refractivity contribution in [3.05, 3.63) is 47.5 Å². The van der Waals surface area contributed by atoms with E-state index in [-0.39, 0.29) is 12.2 Å². The van der Waals surface area contributed by atoms with Crippen LogP contribution in [0.5, 0.6) is 11.5 Å². The van der Waals surface area contributed by atoms with Gasteiger partial charge in [0.1, 0.15) is 36.9 Å². The number of benzene rings is 2. The van der Waals surface area contributed by atoms with Gasteiger partial charge in [0, 0.05) is 0 Å². The summed E-state index contributed by atoms with van der Waals surface area (Å²) in [6.07, 6.45) is 0.557. The van der Waals surface area contributed by atoms with Gasteiger partial charge in [-0.25, -0.2) is 0 Å². The zero-order valence-corrected chi connectivity index (χ0v) is 14.1. The maximum atomic E-state index is 5.75. The van der Waals surface area contributed by atoms with Crippen molar-refractivity contribution in [2.75, 3.05) is 26.4 Å². The van der Waals surface area contributed by atoms with Gasteiger partial charge < -0.3 is 18.9 Å². The van der Waals surface area contributed by atoms with Gasteiger partial charge in [-0.3, -0.25) is 0 Å². The van der Waals surface area contributed by atoms with Crippen LogP contribution in [0.1, 0.15) is 11.1 Å². The quantitative estimate of drug-likeness (QED) is 0.730. The molecular formula is C20H22O4. The lowest BCUT2D eigenvalue weighted by Gasteiger charge is -2.13. The Balaban J connectivity index is 1.48. The Morgan fingerprint density at radius 3 is 1.54 bits per heavy atom. The normalized spacial score (nSPS) is 21.4. The molecule has 126 valence electrons. The van der Waals surface area contributed by atoms with Crippen LogP contribution >= 0.6 is 0 Å². The molecule has 4 heteroatoms. The van der Waals surface area contributed by atoms with E-state index in [9.17, 15) is 0 Å². The number of ether oxygens (including phenoxy) is 4. The Morgan fingerprint density at radius 2 is 1.21 bits per heavy atom. The molecular weight excluding hydrogens is 304 g/mol. The van der Waals surface area contributed by atoms with Gasteiger partial charge in [0.25, 0.3) is 0 Å². The Morgan fingerprint density at radius 1 is 0.792 bits per heavy atom. The van der Waals surface area contributed by atoms with Crippen molar-refractivity contribution in [3.8, 4) is 22.6 Å². The van der Waals surface area contributed by atoms with E-state index in [0.29, 0.717) is 13.2 Å². The fraction of sp³-hybridized carbons (Fsp3) is 0.400. The number of aryl methyl sites for hydroxylation is 2. The van der Waals surface area contributed by atoms with E-state index < -0.39 is 0 Å². The molecule has 2 aliphatic heterocycles. The molecule has 0 aliphatic carbocycles. The summed E-state index contributed by atoms with van der Waals surface area (Å²) >= 11 is 0. The van der Waals surface area contributed by atoms with Crippen LogP contribution in [0.2, 0.25) is 0 Å². The van der Waals surface area contributed by atoms with Gasteiger partial charge in [0.05, 0.1) is 13.2 Å². The fourth-order valence-corrected chi connectivity index (χ4v) is 2.76. The zero-order valence-electron chi connectivity index (χ0n) is 14.1. The molecule has 0 N–H and O–H groups in total. The maximum absolute atomic E-state index is 5.75. The fourth-order valence-electron chi connectivity index (χ4n) is 2.76. The molecule has 2 aliphatic rings. The highest BCUT2D eigenvalue weighted by Gasteiger charge is 2.24. The number of hydrogen-bond donors (Lipinski definition) is 0. The standard InChI is InChI=1S/C20H22O4/c1-13-7-15(21-9-17-11-23-17)3-5-19(13)20-6-4-16(8-14(20)2)22-10-18-12-24-18/h3-8,17-18H,9-12H2,1-2H3. The number of rotatable bonds is 7. The highest BCUT2D eigenvalue weighted by Crippen LogP contribution is 2.32. The summed E-state index contributed by atoms with van der Waals surface area (Å²) in [6, 6.07) is 12.5. The third kappa shape index (κ3) is 3.71. The summed E-state index contributed by atoms with van der Waals surface area (Å²) in [6.45, 7) is 7.13. The maximum Gasteiger partial charge on any atom is 0.119 e. The number of hydrogen-bond acceptors (Lipinski definition) is 4. The van der Waals surface area contributed by atoms with E-state index in [2.05, 4.69) is 38.1 Å². The molecule has 24 heavy (non-hydrogen) atoms. The molecule has 2 heterocycles. The van der Waals surface area contributed by atoms with Crippen LogP contribution in [0, 0.1) is 13.8 Å². The van der Waals surface area contributed by atoms with E-state index in [1.54, 1.807) is 0 Å². The van der Waals surface area contributed by atoms with Gasteiger partial charge in [-0.2, -0.15) is 0 Å². The summed E-state index contributed by atoms with van der Waals surface area (Å²) in [5, 5.41) is 0. The van der Waals surface area contributed by atoms with Crippen molar-refractivity contribution < 1.29 is 18.9 Å². The second kappa shape index (κ2) is 6.46. The molecule has 0 spiro atoms. The van der Waals surface area contributed by atoms with Gasteiger partial charge in [-0.15, -0.1) is 0 Å². The first-order valence-electron chi connectivity index (χ1n) is 8.39. The molecule has 2 unspecified atom stereocenters. The first kappa shape index (κ1) is 15.5. The summed E-state index contributed by atoms with van der Waals surface area (Å²) in [4.78, 5) is 0. The van der Waals surface area contributed by atoms with Crippen molar-refractivity contribution in [1.29, 1.82) is 0 Å². The third-order valence-corrected chi connectivity index (χ3v) is 4.36. The van der Waals surface area contributed by atoms with E-state index in [0.717, 1.165) is 24.7 Å². The highest BCUT2D eigenvalue weighted by molar-refractivity contribution is 5.72. The lowest BCUT2D eigenvalue weighted by Crippen LogP contribution is -2.04. The van der Waals surface area contributed by atoms with Gasteiger partial charge >= 0.3 is 0 Å². The van der Waals surface area contributed by atoms with Crippen LogP contribution in [0.25, 0.3) is 11.1 Å². The second-order valence-electron chi connectivity index (χ2n) is 6.49. The number of epoxide rings is 2. The molecule has 4 rings (SSSR count). The molecule has 2 saturated heterocycles. The summed E-state index contributed by atoms with van der Waals surface area (Å²) in [5.41, 5.74) is 4.85. The summed E-state index contributed by atoms with van der Waals surface area (Å²) in [5.74, 6) is 1.79. The zero-order chi connectivity index (χ0) is 16.5. The Bertz CT molecular complexity index is 669. The predicted octanol–water partition coefficient (Wildman–Crippen LogP) is 3.53. The SMILES string of the molecule is Cc1cc(OCC2CO2)ccc1-c1ccc(OCC2CO2)cc1C. The van der Waals surface area contributed by atoms with Crippen LogP contribution < -0.4 is 9.47 Å². The minimum Gasteiger partial charge on any atom is -0.491 e. The first-order valence-corrected chi connectivity index (χ1v) is 8.39. The minimum absolute atomic E-state index is 0.279. The molecule has 4 nitrogen and oxygen atoms in total. The monoisotopic (exact) mass is 326 g/mol. The van der Waals surface area contributed by atoms with Crippen molar-refractivity contribution >= 4 is 0 Å². The highest BCUT2D eigenvalue weighted by atomic mass is 16.6. The molecule has 2 aromatic carbocycles. The minimum atomic E-state index is 0.279. The van der Waals surface area contributed by atoms with E-state index in [4.69, 9.17) is 18.9 Å². The van der Waals surface area contributed by atoms with Gasteiger partial charge in [-0.1, -0.05) is 12.1 Å². The third-order valence-electron chi connectivity index (χ3n) is 4.36. The molecule has 2 atom stereocenters. The largest absolute Gasteiger partial charge is 0.491 e. The topological polar surface area (TPSA) is 43.5 Å². The Kier molecular flexibility index (Phi) is 4.17. The van der Waals surface area contributed by atoms with E-state index in [1.807, 2.05) is 12.1 Å². The molecule has 0 saturated carbocycles. The lowest BCUT2D eigenvalue weighted by molar-refractivity contribution is 0.263. The van der Waals surface area contributed by atoms with Crippen molar-refractivity contribution in [1.82, 2.24) is 0 Å². The molecule has 2 fully saturated rings. The van der Waals surface area contributed by atoms with Crippen molar-refractivity contribution in [2.45, 2.75) is 26.1 Å². The Labute approximate surface area is 142 Å².